The molecule has 1 atom stereocenters. The predicted octanol–water partition coefficient (Wildman–Crippen LogP) is 3.83. The molecule has 1 aliphatic rings. The van der Waals surface area contributed by atoms with Crippen molar-refractivity contribution < 1.29 is 4.79 Å². The number of carbonyl (C=O) groups is 1. The van der Waals surface area contributed by atoms with E-state index >= 15 is 0 Å². The molecular weight excluding hydrogens is 330 g/mol. The van der Waals surface area contributed by atoms with Crippen LogP contribution in [0.3, 0.4) is 0 Å². The van der Waals surface area contributed by atoms with Crippen LogP contribution in [0.5, 0.6) is 0 Å². The average molecular weight is 346 g/mol. The van der Waals surface area contributed by atoms with Gasteiger partial charge in [0, 0.05) is 23.2 Å². The fourth-order valence-corrected chi connectivity index (χ4v) is 4.03. The van der Waals surface area contributed by atoms with Crippen LogP contribution in [-0.4, -0.2) is 23.9 Å². The number of fused-ring (bicyclic) bond motifs is 1. The Hall–Kier alpha value is -1.87. The fourth-order valence-electron chi connectivity index (χ4n) is 2.85. The zero-order chi connectivity index (χ0) is 16.4. The van der Waals surface area contributed by atoms with E-state index in [4.69, 9.17) is 16.9 Å². The van der Waals surface area contributed by atoms with E-state index in [1.165, 1.54) is 10.4 Å². The highest BCUT2D eigenvalue weighted by Gasteiger charge is 2.26. The molecular formula is C17H16ClN3OS. The first kappa shape index (κ1) is 16.0. The van der Waals surface area contributed by atoms with Gasteiger partial charge in [0.1, 0.15) is 6.07 Å². The van der Waals surface area contributed by atoms with E-state index in [0.717, 1.165) is 13.0 Å². The van der Waals surface area contributed by atoms with Gasteiger partial charge in [0.05, 0.1) is 17.1 Å². The van der Waals surface area contributed by atoms with Gasteiger partial charge < -0.3 is 5.32 Å². The lowest BCUT2D eigenvalue weighted by atomic mass is 10.0. The van der Waals surface area contributed by atoms with Gasteiger partial charge in [-0.05, 0) is 48.6 Å². The minimum absolute atomic E-state index is 0.0729. The predicted molar refractivity (Wildman–Crippen MR) is 92.8 cm³/mol. The molecule has 3 rings (SSSR count). The van der Waals surface area contributed by atoms with Crippen molar-refractivity contribution in [1.29, 1.82) is 5.26 Å². The molecule has 1 aromatic heterocycles. The quantitative estimate of drug-likeness (QED) is 0.919. The van der Waals surface area contributed by atoms with Crippen LogP contribution >= 0.6 is 22.9 Å². The SMILES string of the molecule is CC1c2ccsc2CCN1CC(=O)Nc1ccc(C#N)c(Cl)c1. The van der Waals surface area contributed by atoms with E-state index in [9.17, 15) is 4.79 Å². The normalized spacial score (nSPS) is 17.3. The summed E-state index contributed by atoms with van der Waals surface area (Å²) in [7, 11) is 0. The largest absolute Gasteiger partial charge is 0.325 e. The van der Waals surface area contributed by atoms with Crippen LogP contribution in [0.1, 0.15) is 29.0 Å². The van der Waals surface area contributed by atoms with Gasteiger partial charge in [0.2, 0.25) is 5.91 Å². The standard InChI is InChI=1S/C17H16ClN3OS/c1-11-14-5-7-23-16(14)4-6-21(11)10-17(22)20-13-3-2-12(9-19)15(18)8-13/h2-3,5,7-8,11H,4,6,10H2,1H3,(H,20,22). The van der Waals surface area contributed by atoms with Gasteiger partial charge in [0.25, 0.3) is 0 Å². The number of nitriles is 1. The van der Waals surface area contributed by atoms with E-state index in [1.54, 1.807) is 29.5 Å². The molecule has 1 aliphatic heterocycles. The molecule has 4 nitrogen and oxygen atoms in total. The topological polar surface area (TPSA) is 56.1 Å². The molecule has 23 heavy (non-hydrogen) atoms. The number of benzene rings is 1. The molecule has 0 spiro atoms. The maximum atomic E-state index is 12.3. The molecule has 0 aliphatic carbocycles. The average Bonchev–Trinajstić information content (AvgIpc) is 3.00. The Morgan fingerprint density at radius 3 is 3.09 bits per heavy atom. The van der Waals surface area contributed by atoms with Gasteiger partial charge in [-0.15, -0.1) is 11.3 Å². The summed E-state index contributed by atoms with van der Waals surface area (Å²) in [6.07, 6.45) is 0.993. The van der Waals surface area contributed by atoms with Gasteiger partial charge >= 0.3 is 0 Å². The van der Waals surface area contributed by atoms with Crippen LogP contribution in [0.2, 0.25) is 5.02 Å². The third-order valence-corrected chi connectivity index (χ3v) is 5.43. The molecule has 1 unspecified atom stereocenters. The minimum Gasteiger partial charge on any atom is -0.325 e. The number of nitrogens with zero attached hydrogens (tertiary/aromatic N) is 2. The molecule has 0 saturated carbocycles. The van der Waals surface area contributed by atoms with Gasteiger partial charge in [-0.3, -0.25) is 9.69 Å². The van der Waals surface area contributed by atoms with Crippen LogP contribution in [0, 0.1) is 11.3 Å². The second kappa shape index (κ2) is 6.71. The molecule has 6 heteroatoms. The van der Waals surface area contributed by atoms with Crippen molar-refractivity contribution in [2.75, 3.05) is 18.4 Å². The summed E-state index contributed by atoms with van der Waals surface area (Å²) < 4.78 is 0. The van der Waals surface area contributed by atoms with Gasteiger partial charge in [-0.2, -0.15) is 5.26 Å². The third kappa shape index (κ3) is 3.40. The molecule has 0 radical (unpaired) electrons. The van der Waals surface area contributed by atoms with Crippen LogP contribution in [0.15, 0.2) is 29.6 Å². The van der Waals surface area contributed by atoms with E-state index in [-0.39, 0.29) is 11.9 Å². The van der Waals surface area contributed by atoms with Gasteiger partial charge in [0.15, 0.2) is 0 Å². The van der Waals surface area contributed by atoms with Crippen LogP contribution in [0.4, 0.5) is 5.69 Å². The van der Waals surface area contributed by atoms with Crippen molar-refractivity contribution in [2.45, 2.75) is 19.4 Å². The lowest BCUT2D eigenvalue weighted by Crippen LogP contribution is -2.39. The van der Waals surface area contributed by atoms with E-state index in [2.05, 4.69) is 28.6 Å². The highest BCUT2D eigenvalue weighted by Crippen LogP contribution is 2.32. The second-order valence-electron chi connectivity index (χ2n) is 5.55. The highest BCUT2D eigenvalue weighted by molar-refractivity contribution is 7.10. The number of thiophene rings is 1. The summed E-state index contributed by atoms with van der Waals surface area (Å²) in [4.78, 5) is 15.9. The van der Waals surface area contributed by atoms with Crippen LogP contribution in [-0.2, 0) is 11.2 Å². The molecule has 2 heterocycles. The smallest absolute Gasteiger partial charge is 0.238 e. The fraction of sp³-hybridized carbons (Fsp3) is 0.294. The lowest BCUT2D eigenvalue weighted by molar-refractivity contribution is -0.117. The minimum atomic E-state index is -0.0729. The number of rotatable bonds is 3. The molecule has 0 saturated heterocycles. The zero-order valence-electron chi connectivity index (χ0n) is 12.7. The molecule has 1 N–H and O–H groups in total. The molecule has 0 fully saturated rings. The number of halogens is 1. The summed E-state index contributed by atoms with van der Waals surface area (Å²) in [5.74, 6) is -0.0729. The Kier molecular flexibility index (Phi) is 4.67. The maximum absolute atomic E-state index is 12.3. The van der Waals surface area contributed by atoms with Crippen molar-refractivity contribution in [2.24, 2.45) is 0 Å². The Bertz CT molecular complexity index is 780. The first-order valence-electron chi connectivity index (χ1n) is 7.38. The Morgan fingerprint density at radius 2 is 2.35 bits per heavy atom. The monoisotopic (exact) mass is 345 g/mol. The van der Waals surface area contributed by atoms with Crippen molar-refractivity contribution in [3.63, 3.8) is 0 Å². The van der Waals surface area contributed by atoms with E-state index < -0.39 is 0 Å². The first-order chi connectivity index (χ1) is 11.1. The summed E-state index contributed by atoms with van der Waals surface area (Å²) in [6, 6.07) is 9.31. The van der Waals surface area contributed by atoms with Crippen molar-refractivity contribution in [3.8, 4) is 6.07 Å². The van der Waals surface area contributed by atoms with Gasteiger partial charge in [-0.25, -0.2) is 0 Å². The van der Waals surface area contributed by atoms with Crippen molar-refractivity contribution >= 4 is 34.5 Å². The maximum Gasteiger partial charge on any atom is 0.238 e. The highest BCUT2D eigenvalue weighted by atomic mass is 35.5. The number of hydrogen-bond donors (Lipinski definition) is 1. The summed E-state index contributed by atoms with van der Waals surface area (Å²) in [5.41, 5.74) is 2.34. The van der Waals surface area contributed by atoms with Crippen molar-refractivity contribution in [3.05, 3.63) is 50.7 Å². The molecule has 118 valence electrons. The molecule has 0 bridgehead atoms. The van der Waals surface area contributed by atoms with Crippen LogP contribution < -0.4 is 5.32 Å². The summed E-state index contributed by atoms with van der Waals surface area (Å²) >= 11 is 7.78. The number of carbonyl (C=O) groups excluding carboxylic acids is 1. The number of amides is 1. The van der Waals surface area contributed by atoms with Crippen molar-refractivity contribution in [1.82, 2.24) is 4.90 Å². The Balaban J connectivity index is 1.64. The van der Waals surface area contributed by atoms with E-state index in [1.807, 2.05) is 6.07 Å². The molecule has 2 aromatic rings. The summed E-state index contributed by atoms with van der Waals surface area (Å²) in [5, 5.41) is 14.2. The zero-order valence-corrected chi connectivity index (χ0v) is 14.2. The lowest BCUT2D eigenvalue weighted by Gasteiger charge is -2.32. The molecule has 1 aromatic carbocycles. The first-order valence-corrected chi connectivity index (χ1v) is 8.64. The number of nitrogens with one attached hydrogen (secondary N) is 1. The Labute approximate surface area is 144 Å². The van der Waals surface area contributed by atoms with E-state index in [0.29, 0.717) is 22.8 Å². The number of hydrogen-bond acceptors (Lipinski definition) is 4. The molecule has 1 amide bonds. The van der Waals surface area contributed by atoms with Gasteiger partial charge in [-0.1, -0.05) is 11.6 Å². The number of anilines is 1. The third-order valence-electron chi connectivity index (χ3n) is 4.12. The summed E-state index contributed by atoms with van der Waals surface area (Å²) in [6.45, 7) is 3.36. The van der Waals surface area contributed by atoms with Crippen LogP contribution in [0.25, 0.3) is 0 Å². The Morgan fingerprint density at radius 1 is 1.52 bits per heavy atom. The second-order valence-corrected chi connectivity index (χ2v) is 6.96.